The summed E-state index contributed by atoms with van der Waals surface area (Å²) in [6.07, 6.45) is -0.245. The van der Waals surface area contributed by atoms with Crippen LogP contribution in [0.2, 0.25) is 0 Å². The second kappa shape index (κ2) is 5.72. The van der Waals surface area contributed by atoms with Crippen LogP contribution in [0, 0.1) is 0 Å². The quantitative estimate of drug-likeness (QED) is 0.783. The second-order valence-corrected chi connectivity index (χ2v) is 3.56. The molecule has 0 aromatic carbocycles. The van der Waals surface area contributed by atoms with Crippen LogP contribution in [0.3, 0.4) is 0 Å². The van der Waals surface area contributed by atoms with Crippen LogP contribution in [0.25, 0.3) is 0 Å². The van der Waals surface area contributed by atoms with Crippen LogP contribution in [0.1, 0.15) is 31.7 Å². The van der Waals surface area contributed by atoms with E-state index < -0.39 is 11.7 Å². The zero-order valence-electron chi connectivity index (χ0n) is 9.14. The normalized spacial score (nSPS) is 11.5. The highest BCUT2D eigenvalue weighted by Crippen LogP contribution is 2.28. The molecule has 0 spiro atoms. The van der Waals surface area contributed by atoms with Gasteiger partial charge in [0.1, 0.15) is 5.82 Å². The average molecular weight is 232 g/mol. The van der Waals surface area contributed by atoms with Gasteiger partial charge in [0.2, 0.25) is 0 Å². The Hall–Kier alpha value is -1.26. The molecule has 90 valence electrons. The molecule has 1 aromatic heterocycles. The van der Waals surface area contributed by atoms with Crippen LogP contribution in [-0.4, -0.2) is 11.5 Å². The summed E-state index contributed by atoms with van der Waals surface area (Å²) in [6, 6.07) is 2.39. The number of rotatable bonds is 5. The number of unbranched alkanes of at least 4 members (excludes halogenated alkanes) is 2. The third-order valence-electron chi connectivity index (χ3n) is 2.18. The van der Waals surface area contributed by atoms with Gasteiger partial charge in [-0.05, 0) is 18.6 Å². The molecule has 1 N–H and O–H groups in total. The van der Waals surface area contributed by atoms with Crippen LogP contribution in [-0.2, 0) is 6.18 Å². The third-order valence-corrected chi connectivity index (χ3v) is 2.18. The van der Waals surface area contributed by atoms with Crippen LogP contribution >= 0.6 is 0 Å². The maximum Gasteiger partial charge on any atom is 0.417 e. The fourth-order valence-electron chi connectivity index (χ4n) is 1.26. The first-order valence-corrected chi connectivity index (χ1v) is 5.31. The lowest BCUT2D eigenvalue weighted by Gasteiger charge is -2.08. The Morgan fingerprint density at radius 2 is 2.00 bits per heavy atom. The zero-order chi connectivity index (χ0) is 12.0. The molecule has 0 atom stereocenters. The van der Waals surface area contributed by atoms with Crippen LogP contribution < -0.4 is 5.32 Å². The molecule has 0 amide bonds. The molecule has 0 aliphatic rings. The lowest BCUT2D eigenvalue weighted by molar-refractivity contribution is -0.137. The van der Waals surface area contributed by atoms with Gasteiger partial charge in [-0.1, -0.05) is 19.8 Å². The van der Waals surface area contributed by atoms with Crippen molar-refractivity contribution in [2.24, 2.45) is 0 Å². The summed E-state index contributed by atoms with van der Waals surface area (Å²) in [4.78, 5) is 3.71. The number of hydrogen-bond acceptors (Lipinski definition) is 2. The standard InChI is InChI=1S/C11H15F3N2/c1-2-3-4-7-15-10-6-5-9(8-16-10)11(12,13)14/h5-6,8H,2-4,7H2,1H3,(H,15,16). The number of aromatic nitrogens is 1. The van der Waals surface area contributed by atoms with Crippen LogP contribution in [0.5, 0.6) is 0 Å². The van der Waals surface area contributed by atoms with Crippen molar-refractivity contribution in [1.82, 2.24) is 4.98 Å². The molecule has 0 unspecified atom stereocenters. The van der Waals surface area contributed by atoms with E-state index in [2.05, 4.69) is 17.2 Å². The molecule has 2 nitrogen and oxygen atoms in total. The molecule has 5 heteroatoms. The highest BCUT2D eigenvalue weighted by Gasteiger charge is 2.30. The summed E-state index contributed by atoms with van der Waals surface area (Å²) in [5.74, 6) is 0.490. The van der Waals surface area contributed by atoms with Crippen molar-refractivity contribution in [1.29, 1.82) is 0 Å². The summed E-state index contributed by atoms with van der Waals surface area (Å²) < 4.78 is 36.6. The van der Waals surface area contributed by atoms with Crippen LogP contribution in [0.15, 0.2) is 18.3 Å². The Morgan fingerprint density at radius 3 is 2.50 bits per heavy atom. The monoisotopic (exact) mass is 232 g/mol. The largest absolute Gasteiger partial charge is 0.417 e. The smallest absolute Gasteiger partial charge is 0.370 e. The van der Waals surface area contributed by atoms with E-state index in [1.54, 1.807) is 0 Å². The van der Waals surface area contributed by atoms with Gasteiger partial charge in [0.15, 0.2) is 0 Å². The van der Waals surface area contributed by atoms with E-state index in [0.29, 0.717) is 5.82 Å². The molecule has 0 saturated carbocycles. The van der Waals surface area contributed by atoms with Crippen molar-refractivity contribution in [3.63, 3.8) is 0 Å². The van der Waals surface area contributed by atoms with Gasteiger partial charge in [0.05, 0.1) is 5.56 Å². The van der Waals surface area contributed by atoms with E-state index in [0.717, 1.165) is 38.1 Å². The van der Waals surface area contributed by atoms with E-state index in [4.69, 9.17) is 0 Å². The van der Waals surface area contributed by atoms with E-state index in [1.807, 2.05) is 0 Å². The fourth-order valence-corrected chi connectivity index (χ4v) is 1.26. The van der Waals surface area contributed by atoms with Gasteiger partial charge in [-0.25, -0.2) is 4.98 Å². The topological polar surface area (TPSA) is 24.9 Å². The number of nitrogens with one attached hydrogen (secondary N) is 1. The third kappa shape index (κ3) is 4.08. The van der Waals surface area contributed by atoms with Gasteiger partial charge in [-0.15, -0.1) is 0 Å². The molecular weight excluding hydrogens is 217 g/mol. The lowest BCUT2D eigenvalue weighted by atomic mass is 10.2. The lowest BCUT2D eigenvalue weighted by Crippen LogP contribution is -2.07. The first-order valence-electron chi connectivity index (χ1n) is 5.31. The first-order chi connectivity index (χ1) is 7.54. The predicted octanol–water partition coefficient (Wildman–Crippen LogP) is 3.70. The highest BCUT2D eigenvalue weighted by atomic mass is 19.4. The van der Waals surface area contributed by atoms with Gasteiger partial charge < -0.3 is 5.32 Å². The number of pyridine rings is 1. The number of anilines is 1. The molecule has 0 aliphatic heterocycles. The molecule has 1 heterocycles. The maximum atomic E-state index is 12.2. The molecule has 16 heavy (non-hydrogen) atoms. The van der Waals surface area contributed by atoms with Crippen molar-refractivity contribution in [2.45, 2.75) is 32.4 Å². The van der Waals surface area contributed by atoms with Gasteiger partial charge in [0, 0.05) is 12.7 Å². The average Bonchev–Trinajstić information content (AvgIpc) is 2.24. The van der Waals surface area contributed by atoms with Crippen molar-refractivity contribution in [3.05, 3.63) is 23.9 Å². The number of halogens is 3. The Kier molecular flexibility index (Phi) is 4.58. The summed E-state index contributed by atoms with van der Waals surface area (Å²) >= 11 is 0. The molecule has 0 saturated heterocycles. The second-order valence-electron chi connectivity index (χ2n) is 3.56. The fraction of sp³-hybridized carbons (Fsp3) is 0.545. The molecule has 0 radical (unpaired) electrons. The highest BCUT2D eigenvalue weighted by molar-refractivity contribution is 5.35. The van der Waals surface area contributed by atoms with Gasteiger partial charge in [-0.3, -0.25) is 0 Å². The zero-order valence-corrected chi connectivity index (χ0v) is 9.14. The van der Waals surface area contributed by atoms with Crippen molar-refractivity contribution >= 4 is 5.82 Å². The summed E-state index contributed by atoms with van der Waals surface area (Å²) in [5, 5.41) is 2.98. The summed E-state index contributed by atoms with van der Waals surface area (Å²) in [7, 11) is 0. The molecule has 0 aliphatic carbocycles. The molecular formula is C11H15F3N2. The Morgan fingerprint density at radius 1 is 1.25 bits per heavy atom. The number of nitrogens with zero attached hydrogens (tertiary/aromatic N) is 1. The SMILES string of the molecule is CCCCCNc1ccc(C(F)(F)F)cn1. The molecule has 0 bridgehead atoms. The molecule has 0 fully saturated rings. The van der Waals surface area contributed by atoms with Crippen molar-refractivity contribution in [3.8, 4) is 0 Å². The van der Waals surface area contributed by atoms with E-state index in [1.165, 1.54) is 6.07 Å². The number of hydrogen-bond donors (Lipinski definition) is 1. The van der Waals surface area contributed by atoms with E-state index in [-0.39, 0.29) is 0 Å². The van der Waals surface area contributed by atoms with Gasteiger partial charge in [0.25, 0.3) is 0 Å². The first kappa shape index (κ1) is 12.8. The van der Waals surface area contributed by atoms with Gasteiger partial charge >= 0.3 is 6.18 Å². The van der Waals surface area contributed by atoms with E-state index in [9.17, 15) is 13.2 Å². The van der Waals surface area contributed by atoms with Gasteiger partial charge in [-0.2, -0.15) is 13.2 Å². The van der Waals surface area contributed by atoms with Crippen LogP contribution in [0.4, 0.5) is 19.0 Å². The Bertz CT molecular complexity index is 306. The minimum absolute atomic E-state index is 0.490. The minimum Gasteiger partial charge on any atom is -0.370 e. The Balaban J connectivity index is 2.46. The Labute approximate surface area is 92.9 Å². The van der Waals surface area contributed by atoms with Crippen molar-refractivity contribution in [2.75, 3.05) is 11.9 Å². The predicted molar refractivity (Wildman–Crippen MR) is 57.3 cm³/mol. The maximum absolute atomic E-state index is 12.2. The summed E-state index contributed by atoms with van der Waals surface area (Å²) in [5.41, 5.74) is -0.716. The van der Waals surface area contributed by atoms with E-state index >= 15 is 0 Å². The molecule has 1 rings (SSSR count). The minimum atomic E-state index is -4.31. The van der Waals surface area contributed by atoms with Crippen molar-refractivity contribution < 1.29 is 13.2 Å². The number of alkyl halides is 3. The molecule has 1 aromatic rings. The summed E-state index contributed by atoms with van der Waals surface area (Å²) in [6.45, 7) is 2.84.